The maximum absolute atomic E-state index is 9.89. The van der Waals surface area contributed by atoms with E-state index in [0.717, 1.165) is 49.7 Å². The first-order valence-electron chi connectivity index (χ1n) is 15.1. The van der Waals surface area contributed by atoms with Crippen LogP contribution in [0.25, 0.3) is 78.0 Å². The highest BCUT2D eigenvalue weighted by Crippen LogP contribution is 2.37. The second-order valence-electron chi connectivity index (χ2n) is 11.3. The summed E-state index contributed by atoms with van der Waals surface area (Å²) in [6, 6.07) is 51.6. The third kappa shape index (κ3) is 4.00. The second-order valence-corrected chi connectivity index (χ2v) is 11.3. The minimum absolute atomic E-state index is 0.493. The lowest BCUT2D eigenvalue weighted by molar-refractivity contribution is 0.953. The number of benzene rings is 6. The summed E-state index contributed by atoms with van der Waals surface area (Å²) in [6.45, 7) is 0. The van der Waals surface area contributed by atoms with Gasteiger partial charge in [0.05, 0.1) is 33.7 Å². The molecular formula is C40H24N6. The number of hydrogen-bond donors (Lipinski definition) is 0. The van der Waals surface area contributed by atoms with Crippen molar-refractivity contribution in [3.05, 3.63) is 151 Å². The number of para-hydroxylation sites is 2. The molecule has 6 aromatic carbocycles. The van der Waals surface area contributed by atoms with Gasteiger partial charge >= 0.3 is 0 Å². The third-order valence-corrected chi connectivity index (χ3v) is 8.60. The molecule has 0 atom stereocenters. The molecule has 46 heavy (non-hydrogen) atoms. The predicted octanol–water partition coefficient (Wildman–Crippen LogP) is 9.27. The second kappa shape index (κ2) is 10.3. The molecule has 0 amide bonds. The zero-order chi connectivity index (χ0) is 30.6. The van der Waals surface area contributed by atoms with Crippen molar-refractivity contribution in [2.75, 3.05) is 0 Å². The SMILES string of the molecule is N#Cc1ccc2c3cc(-n4c5ccccc5c5ccccc54)ccc3n(-c3nc(-c4ccccc4)nc(-c4ccccc4)n3)c2c1. The Labute approximate surface area is 264 Å². The first-order valence-corrected chi connectivity index (χ1v) is 15.1. The van der Waals surface area contributed by atoms with Crippen molar-refractivity contribution in [1.82, 2.24) is 24.1 Å². The molecule has 0 N–H and O–H groups in total. The van der Waals surface area contributed by atoms with Crippen LogP contribution in [0, 0.1) is 11.3 Å². The Morgan fingerprint density at radius 3 is 1.59 bits per heavy atom. The molecule has 0 unspecified atom stereocenters. The van der Waals surface area contributed by atoms with Gasteiger partial charge in [-0.05, 0) is 42.5 Å². The number of aromatic nitrogens is 5. The fourth-order valence-corrected chi connectivity index (χ4v) is 6.53. The summed E-state index contributed by atoms with van der Waals surface area (Å²) >= 11 is 0. The maximum atomic E-state index is 9.89. The van der Waals surface area contributed by atoms with Gasteiger partial charge in [-0.3, -0.25) is 4.57 Å². The van der Waals surface area contributed by atoms with Crippen LogP contribution < -0.4 is 0 Å². The molecule has 0 bridgehead atoms. The van der Waals surface area contributed by atoms with Crippen LogP contribution in [0.4, 0.5) is 0 Å². The Morgan fingerprint density at radius 2 is 0.978 bits per heavy atom. The van der Waals surface area contributed by atoms with Gasteiger partial charge in [-0.2, -0.15) is 15.2 Å². The molecule has 0 fully saturated rings. The summed E-state index contributed by atoms with van der Waals surface area (Å²) in [4.78, 5) is 15.0. The van der Waals surface area contributed by atoms with Gasteiger partial charge in [0.15, 0.2) is 11.6 Å². The van der Waals surface area contributed by atoms with Crippen molar-refractivity contribution in [3.8, 4) is 40.5 Å². The van der Waals surface area contributed by atoms with E-state index in [9.17, 15) is 5.26 Å². The van der Waals surface area contributed by atoms with Crippen LogP contribution in [0.5, 0.6) is 0 Å². The standard InChI is InChI=1S/C40H24N6/c41-25-26-19-21-32-33-24-29(45-34-17-9-7-15-30(34)31-16-8-10-18-35(31)45)20-22-36(33)46(37(32)23-26)40-43-38(27-11-3-1-4-12-27)42-39(44-40)28-13-5-2-6-14-28/h1-24H. The zero-order valence-corrected chi connectivity index (χ0v) is 24.5. The number of nitriles is 1. The Bertz CT molecular complexity index is 2530. The van der Waals surface area contributed by atoms with Crippen molar-refractivity contribution < 1.29 is 0 Å². The Kier molecular flexibility index (Phi) is 5.77. The van der Waals surface area contributed by atoms with E-state index in [1.165, 1.54) is 10.8 Å². The van der Waals surface area contributed by atoms with Gasteiger partial charge in [-0.25, -0.2) is 4.98 Å². The van der Waals surface area contributed by atoms with E-state index in [4.69, 9.17) is 15.0 Å². The van der Waals surface area contributed by atoms with E-state index >= 15 is 0 Å². The van der Waals surface area contributed by atoms with Crippen LogP contribution >= 0.6 is 0 Å². The van der Waals surface area contributed by atoms with Crippen LogP contribution in [0.3, 0.4) is 0 Å². The highest BCUT2D eigenvalue weighted by molar-refractivity contribution is 6.12. The van der Waals surface area contributed by atoms with E-state index in [2.05, 4.69) is 81.9 Å². The van der Waals surface area contributed by atoms with Gasteiger partial charge < -0.3 is 4.57 Å². The highest BCUT2D eigenvalue weighted by Gasteiger charge is 2.20. The van der Waals surface area contributed by atoms with Gasteiger partial charge in [-0.1, -0.05) is 103 Å². The molecule has 0 radical (unpaired) electrons. The van der Waals surface area contributed by atoms with Gasteiger partial charge in [0.2, 0.25) is 5.95 Å². The van der Waals surface area contributed by atoms with Crippen molar-refractivity contribution in [2.24, 2.45) is 0 Å². The fraction of sp³-hybridized carbons (Fsp3) is 0. The molecule has 0 aliphatic rings. The molecule has 0 spiro atoms. The number of rotatable bonds is 4. The van der Waals surface area contributed by atoms with E-state index < -0.39 is 0 Å². The first kappa shape index (κ1) is 25.9. The molecule has 9 rings (SSSR count). The van der Waals surface area contributed by atoms with Crippen LogP contribution in [-0.4, -0.2) is 24.1 Å². The molecule has 6 nitrogen and oxygen atoms in total. The number of nitrogens with zero attached hydrogens (tertiary/aromatic N) is 6. The van der Waals surface area contributed by atoms with E-state index in [-0.39, 0.29) is 0 Å². The van der Waals surface area contributed by atoms with Crippen molar-refractivity contribution in [1.29, 1.82) is 5.26 Å². The third-order valence-electron chi connectivity index (χ3n) is 8.60. The molecule has 6 heteroatoms. The summed E-state index contributed by atoms with van der Waals surface area (Å²) in [6.07, 6.45) is 0. The minimum Gasteiger partial charge on any atom is -0.309 e. The van der Waals surface area contributed by atoms with Crippen LogP contribution in [0.1, 0.15) is 5.56 Å². The zero-order valence-electron chi connectivity index (χ0n) is 24.5. The Balaban J connectivity index is 1.35. The van der Waals surface area contributed by atoms with Gasteiger partial charge in [0.1, 0.15) is 0 Å². The van der Waals surface area contributed by atoms with Crippen LogP contribution in [-0.2, 0) is 0 Å². The molecule has 0 saturated carbocycles. The molecule has 0 saturated heterocycles. The van der Waals surface area contributed by atoms with Gasteiger partial charge in [0, 0.05) is 38.4 Å². The topological polar surface area (TPSA) is 72.3 Å². The molecule has 3 aromatic heterocycles. The van der Waals surface area contributed by atoms with E-state index in [1.54, 1.807) is 0 Å². The molecule has 0 aliphatic heterocycles. The first-order chi connectivity index (χ1) is 22.8. The summed E-state index contributed by atoms with van der Waals surface area (Å²) in [7, 11) is 0. The summed E-state index contributed by atoms with van der Waals surface area (Å²) < 4.78 is 4.38. The Hall–Kier alpha value is -6.58. The molecular weight excluding hydrogens is 564 g/mol. The lowest BCUT2D eigenvalue weighted by atomic mass is 10.1. The average molecular weight is 589 g/mol. The quantitative estimate of drug-likeness (QED) is 0.205. The summed E-state index contributed by atoms with van der Waals surface area (Å²) in [5.41, 5.74) is 7.52. The van der Waals surface area contributed by atoms with Crippen molar-refractivity contribution in [3.63, 3.8) is 0 Å². The number of hydrogen-bond acceptors (Lipinski definition) is 4. The van der Waals surface area contributed by atoms with Crippen molar-refractivity contribution >= 4 is 43.6 Å². The lowest BCUT2D eigenvalue weighted by Crippen LogP contribution is -2.06. The van der Waals surface area contributed by atoms with E-state index in [1.807, 2.05) is 78.9 Å². The average Bonchev–Trinajstić information content (AvgIpc) is 3.64. The fourth-order valence-electron chi connectivity index (χ4n) is 6.53. The van der Waals surface area contributed by atoms with E-state index in [0.29, 0.717) is 23.2 Å². The molecule has 214 valence electrons. The van der Waals surface area contributed by atoms with Crippen LogP contribution in [0.15, 0.2) is 146 Å². The van der Waals surface area contributed by atoms with Crippen LogP contribution in [0.2, 0.25) is 0 Å². The highest BCUT2D eigenvalue weighted by atomic mass is 15.2. The normalized spacial score (nSPS) is 11.5. The number of fused-ring (bicyclic) bond motifs is 6. The molecule has 0 aliphatic carbocycles. The monoisotopic (exact) mass is 588 g/mol. The Morgan fingerprint density at radius 1 is 0.435 bits per heavy atom. The summed E-state index contributed by atoms with van der Waals surface area (Å²) in [5, 5.41) is 14.4. The molecule has 9 aromatic rings. The summed E-state index contributed by atoms with van der Waals surface area (Å²) in [5.74, 6) is 1.66. The largest absolute Gasteiger partial charge is 0.309 e. The predicted molar refractivity (Wildman–Crippen MR) is 184 cm³/mol. The van der Waals surface area contributed by atoms with Gasteiger partial charge in [-0.15, -0.1) is 0 Å². The van der Waals surface area contributed by atoms with Gasteiger partial charge in [0.25, 0.3) is 0 Å². The maximum Gasteiger partial charge on any atom is 0.238 e. The molecule has 3 heterocycles. The minimum atomic E-state index is 0.493. The lowest BCUT2D eigenvalue weighted by Gasteiger charge is -2.11. The smallest absolute Gasteiger partial charge is 0.238 e. The van der Waals surface area contributed by atoms with Crippen molar-refractivity contribution in [2.45, 2.75) is 0 Å².